The Morgan fingerprint density at radius 3 is 1.73 bits per heavy atom. The number of esters is 2. The van der Waals surface area contributed by atoms with Gasteiger partial charge in [0, 0.05) is 19.4 Å². The predicted octanol–water partition coefficient (Wildman–Crippen LogP) is 9.81. The van der Waals surface area contributed by atoms with Crippen molar-refractivity contribution in [3.8, 4) is 0 Å². The molecule has 1 unspecified atom stereocenters. The van der Waals surface area contributed by atoms with Gasteiger partial charge in [-0.05, 0) is 24.8 Å². The largest absolute Gasteiger partial charge is 0.472 e. The van der Waals surface area contributed by atoms with Crippen LogP contribution in [0, 0.1) is 0 Å². The molecular formula is C42H76N2O10P+. The molecule has 0 fully saturated rings. The quantitative estimate of drug-likeness (QED) is 0.0221. The lowest BCUT2D eigenvalue weighted by molar-refractivity contribution is -0.870. The summed E-state index contributed by atoms with van der Waals surface area (Å²) in [6.45, 7) is 2.75. The maximum absolute atomic E-state index is 12.7. The number of hydrogen-bond acceptors (Lipinski definition) is 9. The molecule has 0 spiro atoms. The number of phosphoric acid groups is 1. The third kappa shape index (κ3) is 33.4. The number of phosphoric ester groups is 1. The van der Waals surface area contributed by atoms with Crippen LogP contribution in [0.4, 0.5) is 4.79 Å². The number of hydrogen-bond donors (Lipinski definition) is 2. The lowest BCUT2D eigenvalue weighted by atomic mass is 10.0. The van der Waals surface area contributed by atoms with E-state index in [1.165, 1.54) is 77.0 Å². The van der Waals surface area contributed by atoms with E-state index in [-0.39, 0.29) is 32.7 Å². The molecule has 0 aliphatic rings. The number of alkyl carbamates (subject to hydrolysis) is 1. The SMILES string of the molecule is CCCCCCCCCCCCCCCCCC(=O)OC[C@H](COP(=O)(O)OCC[N+](C)(C)C)OC(=O)CCCCCCCNC(=O)OCc1ccccc1. The highest BCUT2D eigenvalue weighted by molar-refractivity contribution is 7.47. The van der Waals surface area contributed by atoms with E-state index in [0.29, 0.717) is 24.0 Å². The van der Waals surface area contributed by atoms with Crippen LogP contribution in [0.3, 0.4) is 0 Å². The molecule has 0 aromatic heterocycles. The lowest BCUT2D eigenvalue weighted by Gasteiger charge is -2.24. The Kier molecular flexibility index (Phi) is 29.9. The summed E-state index contributed by atoms with van der Waals surface area (Å²) in [7, 11) is 1.38. The molecule has 1 rings (SSSR count). The number of rotatable bonds is 36. The van der Waals surface area contributed by atoms with Gasteiger partial charge in [0.15, 0.2) is 6.10 Å². The molecule has 0 saturated heterocycles. The van der Waals surface area contributed by atoms with E-state index in [2.05, 4.69) is 12.2 Å². The van der Waals surface area contributed by atoms with Gasteiger partial charge in [-0.2, -0.15) is 0 Å². The molecule has 0 bridgehead atoms. The first kappa shape index (κ1) is 50.5. The van der Waals surface area contributed by atoms with Crippen LogP contribution in [0.2, 0.25) is 0 Å². The van der Waals surface area contributed by atoms with E-state index >= 15 is 0 Å². The minimum Gasteiger partial charge on any atom is -0.462 e. The predicted molar refractivity (Wildman–Crippen MR) is 217 cm³/mol. The number of carbonyl (C=O) groups is 3. The molecule has 2 N–H and O–H groups in total. The highest BCUT2D eigenvalue weighted by Crippen LogP contribution is 2.43. The molecule has 0 saturated carbocycles. The van der Waals surface area contributed by atoms with Crippen LogP contribution in [0.1, 0.15) is 154 Å². The van der Waals surface area contributed by atoms with Crippen molar-refractivity contribution in [2.45, 2.75) is 161 Å². The summed E-state index contributed by atoms with van der Waals surface area (Å²) < 4.78 is 39.4. The number of carbonyl (C=O) groups excluding carboxylic acids is 3. The van der Waals surface area contributed by atoms with Gasteiger partial charge in [0.2, 0.25) is 0 Å². The van der Waals surface area contributed by atoms with E-state index < -0.39 is 38.6 Å². The minimum absolute atomic E-state index is 0.00434. The summed E-state index contributed by atoms with van der Waals surface area (Å²) in [6.07, 6.45) is 21.4. The number of ether oxygens (including phenoxy) is 3. The number of nitrogens with one attached hydrogen (secondary N) is 1. The second-order valence-corrected chi connectivity index (χ2v) is 17.1. The highest BCUT2D eigenvalue weighted by atomic mass is 31.2. The highest BCUT2D eigenvalue weighted by Gasteiger charge is 2.27. The maximum atomic E-state index is 12.7. The summed E-state index contributed by atoms with van der Waals surface area (Å²) in [5, 5.41) is 2.75. The maximum Gasteiger partial charge on any atom is 0.472 e. The molecule has 0 radical (unpaired) electrons. The molecule has 13 heteroatoms. The first-order valence-corrected chi connectivity index (χ1v) is 22.6. The Morgan fingerprint density at radius 1 is 0.673 bits per heavy atom. The average molecular weight is 800 g/mol. The van der Waals surface area contributed by atoms with Gasteiger partial charge in [-0.25, -0.2) is 9.36 Å². The molecule has 0 aliphatic carbocycles. The van der Waals surface area contributed by atoms with Crippen molar-refractivity contribution in [1.82, 2.24) is 5.32 Å². The summed E-state index contributed by atoms with van der Waals surface area (Å²) in [6, 6.07) is 9.48. The lowest BCUT2D eigenvalue weighted by Crippen LogP contribution is -2.37. The third-order valence-electron chi connectivity index (χ3n) is 9.19. The van der Waals surface area contributed by atoms with Crippen LogP contribution >= 0.6 is 7.82 Å². The molecule has 1 aromatic rings. The van der Waals surface area contributed by atoms with Crippen LogP contribution in [-0.2, 0) is 44.0 Å². The summed E-state index contributed by atoms with van der Waals surface area (Å²) in [4.78, 5) is 47.2. The van der Waals surface area contributed by atoms with Crippen molar-refractivity contribution in [3.63, 3.8) is 0 Å². The standard InChI is InChI=1S/C42H75N2O10P/c1-5-6-7-8-9-10-11-12-13-14-15-16-17-19-25-30-40(45)50-36-39(37-53-55(48,49)52-34-33-44(2,3)4)54-41(46)31-26-20-18-21-27-32-43-42(47)51-35-38-28-23-22-24-29-38/h22-24,28-29,39H,5-21,25-27,30-37H2,1-4H3,(H-,43,47,48,49)/p+1/t39-/m1/s1. The molecule has 0 heterocycles. The molecule has 2 atom stereocenters. The zero-order valence-corrected chi connectivity index (χ0v) is 35.7. The van der Waals surface area contributed by atoms with E-state index in [9.17, 15) is 23.8 Å². The Balaban J connectivity index is 2.29. The van der Waals surface area contributed by atoms with Gasteiger partial charge in [0.1, 0.15) is 26.4 Å². The summed E-state index contributed by atoms with van der Waals surface area (Å²) in [5.41, 5.74) is 0.926. The number of amides is 1. The van der Waals surface area contributed by atoms with Crippen LogP contribution in [0.5, 0.6) is 0 Å². The van der Waals surface area contributed by atoms with Crippen LogP contribution in [0.25, 0.3) is 0 Å². The van der Waals surface area contributed by atoms with E-state index in [0.717, 1.165) is 50.5 Å². The Bertz CT molecular complexity index is 1160. The van der Waals surface area contributed by atoms with E-state index in [4.69, 9.17) is 23.3 Å². The Labute approximate surface area is 332 Å². The topological polar surface area (TPSA) is 147 Å². The van der Waals surface area contributed by atoms with E-state index in [1.807, 2.05) is 51.5 Å². The van der Waals surface area contributed by atoms with Gasteiger partial charge in [-0.1, -0.05) is 146 Å². The summed E-state index contributed by atoms with van der Waals surface area (Å²) >= 11 is 0. The van der Waals surface area contributed by atoms with Crippen molar-refractivity contribution in [2.24, 2.45) is 0 Å². The van der Waals surface area contributed by atoms with Gasteiger partial charge in [0.05, 0.1) is 27.7 Å². The molecule has 1 aromatic carbocycles. The number of likely N-dealkylation sites (N-methyl/N-ethyl adjacent to an activating group) is 1. The monoisotopic (exact) mass is 800 g/mol. The molecule has 55 heavy (non-hydrogen) atoms. The van der Waals surface area contributed by atoms with Gasteiger partial charge < -0.3 is 28.9 Å². The van der Waals surface area contributed by atoms with E-state index in [1.54, 1.807) is 0 Å². The normalized spacial score (nSPS) is 13.2. The molecule has 12 nitrogen and oxygen atoms in total. The van der Waals surface area contributed by atoms with Crippen molar-refractivity contribution in [1.29, 1.82) is 0 Å². The van der Waals surface area contributed by atoms with Gasteiger partial charge >= 0.3 is 25.9 Å². The third-order valence-corrected chi connectivity index (χ3v) is 10.2. The smallest absolute Gasteiger partial charge is 0.462 e. The number of benzene rings is 1. The fourth-order valence-corrected chi connectivity index (χ4v) is 6.54. The zero-order valence-electron chi connectivity index (χ0n) is 34.8. The molecular weight excluding hydrogens is 723 g/mol. The van der Waals surface area contributed by atoms with Gasteiger partial charge in [-0.3, -0.25) is 18.6 Å². The van der Waals surface area contributed by atoms with Crippen LogP contribution in [0.15, 0.2) is 30.3 Å². The molecule has 0 aliphatic heterocycles. The first-order valence-electron chi connectivity index (χ1n) is 21.1. The first-order chi connectivity index (χ1) is 26.4. The van der Waals surface area contributed by atoms with Crippen molar-refractivity contribution < 1.29 is 51.6 Å². The summed E-state index contributed by atoms with van der Waals surface area (Å²) in [5.74, 6) is -0.908. The average Bonchev–Trinajstić information content (AvgIpc) is 3.14. The zero-order chi connectivity index (χ0) is 40.5. The fourth-order valence-electron chi connectivity index (χ4n) is 5.79. The van der Waals surface area contributed by atoms with Gasteiger partial charge in [0.25, 0.3) is 0 Å². The number of nitrogens with zero attached hydrogens (tertiary/aromatic N) is 1. The number of quaternary nitrogens is 1. The Morgan fingerprint density at radius 2 is 1.18 bits per heavy atom. The van der Waals surface area contributed by atoms with Gasteiger partial charge in [-0.15, -0.1) is 0 Å². The van der Waals surface area contributed by atoms with Crippen molar-refractivity contribution in [3.05, 3.63) is 35.9 Å². The van der Waals surface area contributed by atoms with Crippen molar-refractivity contribution in [2.75, 3.05) is 54.1 Å². The van der Waals surface area contributed by atoms with Crippen LogP contribution in [-0.4, -0.2) is 87.6 Å². The Hall–Kier alpha value is -2.50. The van der Waals surface area contributed by atoms with Crippen molar-refractivity contribution >= 4 is 25.9 Å². The molecule has 1 amide bonds. The minimum atomic E-state index is -4.41. The second kappa shape index (κ2) is 32.6. The second-order valence-electron chi connectivity index (χ2n) is 15.6. The molecule has 318 valence electrons. The van der Waals surface area contributed by atoms with Crippen LogP contribution < -0.4 is 5.32 Å². The fraction of sp³-hybridized carbons (Fsp3) is 0.786. The number of unbranched alkanes of at least 4 members (excludes halogenated alkanes) is 18.